The maximum absolute atomic E-state index is 12.5. The van der Waals surface area contributed by atoms with E-state index in [1.807, 2.05) is 5.32 Å². The van der Waals surface area contributed by atoms with Gasteiger partial charge in [0.05, 0.1) is 0 Å². The summed E-state index contributed by atoms with van der Waals surface area (Å²) >= 11 is 6.09. The molecule has 1 aliphatic carbocycles. The summed E-state index contributed by atoms with van der Waals surface area (Å²) in [4.78, 5) is 25.8. The molecule has 1 aliphatic heterocycles. The third-order valence-corrected chi connectivity index (χ3v) is 4.36. The first-order valence-electron chi connectivity index (χ1n) is 7.32. The highest BCUT2D eigenvalue weighted by Crippen LogP contribution is 2.31. The molecule has 124 valence electrons. The second-order valence-electron chi connectivity index (χ2n) is 5.58. The first-order chi connectivity index (χ1) is 10.3. The van der Waals surface area contributed by atoms with Crippen LogP contribution in [0.1, 0.15) is 38.5 Å². The lowest BCUT2D eigenvalue weighted by Gasteiger charge is -2.27. The van der Waals surface area contributed by atoms with Gasteiger partial charge in [-0.25, -0.2) is 0 Å². The number of rotatable bonds is 3. The second-order valence-corrected chi connectivity index (χ2v) is 6.04. The van der Waals surface area contributed by atoms with Crippen molar-refractivity contribution in [2.75, 3.05) is 13.1 Å². The van der Waals surface area contributed by atoms with Crippen molar-refractivity contribution in [1.29, 1.82) is 0 Å². The van der Waals surface area contributed by atoms with E-state index in [2.05, 4.69) is 0 Å². The van der Waals surface area contributed by atoms with Crippen LogP contribution in [0.5, 0.6) is 0 Å². The molecule has 1 atom stereocenters. The number of alkyl halides is 3. The number of carbonyl (C=O) groups is 2. The molecule has 0 spiro atoms. The zero-order valence-electron chi connectivity index (χ0n) is 12.0. The van der Waals surface area contributed by atoms with Gasteiger partial charge in [0.1, 0.15) is 12.6 Å². The smallest absolute Gasteiger partial charge is 0.345 e. The number of hydrogen-bond acceptors (Lipinski definition) is 2. The van der Waals surface area contributed by atoms with E-state index in [9.17, 15) is 22.8 Å². The lowest BCUT2D eigenvalue weighted by Crippen LogP contribution is -2.48. The molecule has 0 aromatic carbocycles. The van der Waals surface area contributed by atoms with E-state index in [0.717, 1.165) is 12.8 Å². The predicted octanol–water partition coefficient (Wildman–Crippen LogP) is 2.72. The standard InChI is InChI=1S/C14H18ClF3N2O2/c15-10-5-2-1-4-9(10)13(22)20-7-3-6-11(20)12(21)19-8-14(16,17)18/h11H,1-8H2,(H,19,21)/t11-/m0/s1. The Hall–Kier alpha value is -1.24. The molecule has 0 aromatic rings. The third-order valence-electron chi connectivity index (χ3n) is 3.94. The number of nitrogens with one attached hydrogen (secondary N) is 1. The fourth-order valence-electron chi connectivity index (χ4n) is 2.85. The minimum Gasteiger partial charge on any atom is -0.345 e. The quantitative estimate of drug-likeness (QED) is 0.860. The summed E-state index contributed by atoms with van der Waals surface area (Å²) in [6.45, 7) is -1.01. The summed E-state index contributed by atoms with van der Waals surface area (Å²) in [5.74, 6) is -1.06. The molecule has 1 saturated heterocycles. The molecule has 0 saturated carbocycles. The van der Waals surface area contributed by atoms with E-state index >= 15 is 0 Å². The molecule has 1 fully saturated rings. The van der Waals surface area contributed by atoms with Gasteiger partial charge in [-0.1, -0.05) is 11.6 Å². The first kappa shape index (κ1) is 17.1. The zero-order chi connectivity index (χ0) is 16.3. The van der Waals surface area contributed by atoms with Gasteiger partial charge in [-0.3, -0.25) is 9.59 Å². The van der Waals surface area contributed by atoms with Gasteiger partial charge < -0.3 is 10.2 Å². The van der Waals surface area contributed by atoms with Gasteiger partial charge in [0.15, 0.2) is 0 Å². The largest absolute Gasteiger partial charge is 0.405 e. The molecule has 0 radical (unpaired) electrons. The molecule has 1 N–H and O–H groups in total. The van der Waals surface area contributed by atoms with Crippen LogP contribution in [0.25, 0.3) is 0 Å². The predicted molar refractivity (Wildman–Crippen MR) is 75.1 cm³/mol. The Morgan fingerprint density at radius 2 is 1.91 bits per heavy atom. The number of allylic oxidation sites excluding steroid dienone is 1. The Balaban J connectivity index is 2.04. The molecule has 0 unspecified atom stereocenters. The van der Waals surface area contributed by atoms with Gasteiger partial charge in [0, 0.05) is 17.2 Å². The molecule has 0 bridgehead atoms. The number of nitrogens with zero attached hydrogens (tertiary/aromatic N) is 1. The minimum atomic E-state index is -4.46. The van der Waals surface area contributed by atoms with Crippen molar-refractivity contribution in [3.63, 3.8) is 0 Å². The van der Waals surface area contributed by atoms with Crippen LogP contribution >= 0.6 is 11.6 Å². The molecule has 2 amide bonds. The van der Waals surface area contributed by atoms with Gasteiger partial charge in [-0.15, -0.1) is 0 Å². The van der Waals surface area contributed by atoms with E-state index in [0.29, 0.717) is 42.8 Å². The molecular weight excluding hydrogens is 321 g/mol. The topological polar surface area (TPSA) is 49.4 Å². The summed E-state index contributed by atoms with van der Waals surface area (Å²) in [5.41, 5.74) is 0.503. The third kappa shape index (κ3) is 4.15. The zero-order valence-corrected chi connectivity index (χ0v) is 12.8. The minimum absolute atomic E-state index is 0.311. The van der Waals surface area contributed by atoms with Crippen LogP contribution in [-0.4, -0.2) is 42.0 Å². The van der Waals surface area contributed by atoms with Crippen molar-refractivity contribution in [1.82, 2.24) is 10.2 Å². The average Bonchev–Trinajstić information content (AvgIpc) is 2.93. The lowest BCUT2D eigenvalue weighted by molar-refractivity contribution is -0.143. The molecule has 8 heteroatoms. The SMILES string of the molecule is O=C(NCC(F)(F)F)[C@@H]1CCCN1C(=O)C1=C(Cl)CCCC1. The Kier molecular flexibility index (Phi) is 5.36. The maximum Gasteiger partial charge on any atom is 0.405 e. The molecule has 4 nitrogen and oxygen atoms in total. The first-order valence-corrected chi connectivity index (χ1v) is 7.70. The summed E-state index contributed by atoms with van der Waals surface area (Å²) in [6.07, 6.45) is -0.507. The van der Waals surface area contributed by atoms with Crippen LogP contribution < -0.4 is 5.32 Å². The summed E-state index contributed by atoms with van der Waals surface area (Å²) < 4.78 is 36.5. The van der Waals surface area contributed by atoms with E-state index < -0.39 is 24.7 Å². The number of likely N-dealkylation sites (tertiary alicyclic amines) is 1. The number of hydrogen-bond donors (Lipinski definition) is 1. The van der Waals surface area contributed by atoms with E-state index in [1.54, 1.807) is 0 Å². The van der Waals surface area contributed by atoms with Crippen LogP contribution in [0.4, 0.5) is 13.2 Å². The van der Waals surface area contributed by atoms with E-state index in [4.69, 9.17) is 11.6 Å². The molecule has 2 rings (SSSR count). The highest BCUT2D eigenvalue weighted by Gasteiger charge is 2.37. The van der Waals surface area contributed by atoms with Crippen LogP contribution in [0, 0.1) is 0 Å². The Bertz CT molecular complexity index is 491. The van der Waals surface area contributed by atoms with Gasteiger partial charge in [0.25, 0.3) is 5.91 Å². The van der Waals surface area contributed by atoms with Crippen molar-refractivity contribution in [3.05, 3.63) is 10.6 Å². The number of amides is 2. The fraction of sp³-hybridized carbons (Fsp3) is 0.714. The van der Waals surface area contributed by atoms with E-state index in [1.165, 1.54) is 4.90 Å². The lowest BCUT2D eigenvalue weighted by atomic mass is 9.98. The van der Waals surface area contributed by atoms with E-state index in [-0.39, 0.29) is 5.91 Å². The second kappa shape index (κ2) is 6.89. The summed E-state index contributed by atoms with van der Waals surface area (Å²) in [5, 5.41) is 2.37. The monoisotopic (exact) mass is 338 g/mol. The van der Waals surface area contributed by atoms with Crippen LogP contribution in [0.15, 0.2) is 10.6 Å². The average molecular weight is 339 g/mol. The highest BCUT2D eigenvalue weighted by molar-refractivity contribution is 6.32. The maximum atomic E-state index is 12.5. The molecule has 1 heterocycles. The Morgan fingerprint density at radius 1 is 1.23 bits per heavy atom. The normalized spacial score (nSPS) is 22.9. The molecule has 2 aliphatic rings. The van der Waals surface area contributed by atoms with Crippen molar-refractivity contribution in [2.45, 2.75) is 50.7 Å². The fourth-order valence-corrected chi connectivity index (χ4v) is 3.16. The summed E-state index contributed by atoms with van der Waals surface area (Å²) in [6, 6.07) is -0.839. The van der Waals surface area contributed by atoms with Crippen LogP contribution in [-0.2, 0) is 9.59 Å². The molecule has 0 aromatic heterocycles. The van der Waals surface area contributed by atoms with Gasteiger partial charge in [0.2, 0.25) is 5.91 Å². The van der Waals surface area contributed by atoms with Gasteiger partial charge >= 0.3 is 6.18 Å². The molecule has 22 heavy (non-hydrogen) atoms. The summed E-state index contributed by atoms with van der Waals surface area (Å²) in [7, 11) is 0. The number of carbonyl (C=O) groups excluding carboxylic acids is 2. The van der Waals surface area contributed by atoms with Crippen molar-refractivity contribution in [3.8, 4) is 0 Å². The van der Waals surface area contributed by atoms with Crippen molar-refractivity contribution >= 4 is 23.4 Å². The Morgan fingerprint density at radius 3 is 2.55 bits per heavy atom. The van der Waals surface area contributed by atoms with Crippen molar-refractivity contribution in [2.24, 2.45) is 0 Å². The van der Waals surface area contributed by atoms with Crippen molar-refractivity contribution < 1.29 is 22.8 Å². The van der Waals surface area contributed by atoms with Crippen LogP contribution in [0.2, 0.25) is 0 Å². The van der Waals surface area contributed by atoms with Crippen LogP contribution in [0.3, 0.4) is 0 Å². The Labute approximate surface area is 131 Å². The number of halogens is 4. The van der Waals surface area contributed by atoms with Gasteiger partial charge in [-0.2, -0.15) is 13.2 Å². The highest BCUT2D eigenvalue weighted by atomic mass is 35.5. The molecular formula is C14H18ClF3N2O2. The van der Waals surface area contributed by atoms with Gasteiger partial charge in [-0.05, 0) is 38.5 Å².